The first-order chi connectivity index (χ1) is 14.8. The Kier molecular flexibility index (Phi) is 7.46. The highest BCUT2D eigenvalue weighted by atomic mass is 19.4. The molecular weight excluding hydrogens is 409 g/mol. The lowest BCUT2D eigenvalue weighted by Crippen LogP contribution is -2.23. The fraction of sp³-hybridized carbons (Fsp3) is 0.304. The molecule has 0 aliphatic rings. The molecule has 3 rings (SSSR count). The molecule has 0 atom stereocenters. The van der Waals surface area contributed by atoms with Gasteiger partial charge in [0.05, 0.1) is 12.8 Å². The summed E-state index contributed by atoms with van der Waals surface area (Å²) in [5.41, 5.74) is 3.56. The second-order valence-corrected chi connectivity index (χ2v) is 7.19. The van der Waals surface area contributed by atoms with Crippen molar-refractivity contribution in [1.82, 2.24) is 10.3 Å². The second-order valence-electron chi connectivity index (χ2n) is 7.19. The van der Waals surface area contributed by atoms with Gasteiger partial charge in [0.2, 0.25) is 5.91 Å². The van der Waals surface area contributed by atoms with Crippen molar-refractivity contribution in [3.63, 3.8) is 0 Å². The predicted octanol–water partition coefficient (Wildman–Crippen LogP) is 4.98. The van der Waals surface area contributed by atoms with E-state index in [2.05, 4.69) is 15.0 Å². The highest BCUT2D eigenvalue weighted by Crippen LogP contribution is 2.21. The predicted molar refractivity (Wildman–Crippen MR) is 109 cm³/mol. The summed E-state index contributed by atoms with van der Waals surface area (Å²) in [6.45, 7) is 0.938. The smallest absolute Gasteiger partial charge is 0.411 e. The molecule has 0 unspecified atom stereocenters. The Balaban J connectivity index is 1.40. The third-order valence-electron chi connectivity index (χ3n) is 4.50. The van der Waals surface area contributed by atoms with Crippen molar-refractivity contribution < 1.29 is 27.1 Å². The van der Waals surface area contributed by atoms with Gasteiger partial charge in [-0.05, 0) is 18.1 Å². The summed E-state index contributed by atoms with van der Waals surface area (Å²) in [5.74, 6) is 1.01. The number of halogens is 3. The Morgan fingerprint density at radius 1 is 1.06 bits per heavy atom. The topological polar surface area (TPSA) is 64.4 Å². The number of aryl methyl sites for hydroxylation is 2. The summed E-state index contributed by atoms with van der Waals surface area (Å²) in [7, 11) is 0. The zero-order chi connectivity index (χ0) is 22.3. The van der Waals surface area contributed by atoms with E-state index in [1.807, 2.05) is 31.2 Å². The Hall–Kier alpha value is -3.13. The molecule has 5 nitrogen and oxygen atoms in total. The van der Waals surface area contributed by atoms with Crippen molar-refractivity contribution in [3.05, 3.63) is 77.3 Å². The average molecular weight is 432 g/mol. The molecule has 8 heteroatoms. The number of hydrogen-bond acceptors (Lipinski definition) is 4. The van der Waals surface area contributed by atoms with Gasteiger partial charge in [-0.15, -0.1) is 0 Å². The maximum absolute atomic E-state index is 12.1. The number of aromatic nitrogens is 1. The number of amides is 1. The van der Waals surface area contributed by atoms with Gasteiger partial charge in [0.15, 0.2) is 11.7 Å². The molecule has 0 aliphatic heterocycles. The monoisotopic (exact) mass is 432 g/mol. The van der Waals surface area contributed by atoms with E-state index < -0.39 is 12.8 Å². The molecule has 1 amide bonds. The van der Waals surface area contributed by atoms with Crippen molar-refractivity contribution in [2.45, 2.75) is 39.1 Å². The molecule has 0 aliphatic carbocycles. The van der Waals surface area contributed by atoms with E-state index in [1.165, 1.54) is 0 Å². The maximum Gasteiger partial charge on any atom is 0.411 e. The number of hydrogen-bond donors (Lipinski definition) is 1. The summed E-state index contributed by atoms with van der Waals surface area (Å²) in [6.07, 6.45) is -2.07. The molecule has 1 N–H and O–H groups in total. The number of ether oxygens (including phenoxy) is 1. The van der Waals surface area contributed by atoms with E-state index in [1.54, 1.807) is 30.5 Å². The molecule has 0 saturated carbocycles. The van der Waals surface area contributed by atoms with E-state index in [-0.39, 0.29) is 18.9 Å². The molecule has 1 heterocycles. The summed E-state index contributed by atoms with van der Waals surface area (Å²) >= 11 is 0. The van der Waals surface area contributed by atoms with E-state index in [0.29, 0.717) is 30.2 Å². The number of oxazole rings is 1. The third-order valence-corrected chi connectivity index (χ3v) is 4.50. The van der Waals surface area contributed by atoms with Crippen molar-refractivity contribution in [2.24, 2.45) is 0 Å². The van der Waals surface area contributed by atoms with Gasteiger partial charge < -0.3 is 14.5 Å². The van der Waals surface area contributed by atoms with Crippen LogP contribution in [0.25, 0.3) is 11.3 Å². The maximum atomic E-state index is 12.1. The van der Waals surface area contributed by atoms with E-state index >= 15 is 0 Å². The van der Waals surface area contributed by atoms with Gasteiger partial charge in [0, 0.05) is 24.9 Å². The van der Waals surface area contributed by atoms with Crippen LogP contribution in [0.2, 0.25) is 0 Å². The van der Waals surface area contributed by atoms with Gasteiger partial charge in [-0.2, -0.15) is 13.2 Å². The Labute approximate surface area is 178 Å². The molecule has 3 aromatic rings. The van der Waals surface area contributed by atoms with E-state index in [9.17, 15) is 18.0 Å². The van der Waals surface area contributed by atoms with Gasteiger partial charge in [0.25, 0.3) is 0 Å². The lowest BCUT2D eigenvalue weighted by Gasteiger charge is -2.09. The Morgan fingerprint density at radius 3 is 2.42 bits per heavy atom. The fourth-order valence-electron chi connectivity index (χ4n) is 2.82. The number of nitrogens with zero attached hydrogens (tertiary/aromatic N) is 1. The van der Waals surface area contributed by atoms with Crippen LogP contribution in [-0.2, 0) is 29.1 Å². The Bertz CT molecular complexity index is 981. The fourth-order valence-corrected chi connectivity index (χ4v) is 2.82. The molecule has 0 saturated heterocycles. The first kappa shape index (κ1) is 22.6. The largest absolute Gasteiger partial charge is 0.441 e. The van der Waals surface area contributed by atoms with Crippen LogP contribution in [-0.4, -0.2) is 23.7 Å². The minimum absolute atomic E-state index is 0.118. The van der Waals surface area contributed by atoms with E-state index in [4.69, 9.17) is 4.42 Å². The van der Waals surface area contributed by atoms with Crippen LogP contribution in [0, 0.1) is 6.92 Å². The number of benzene rings is 2. The average Bonchev–Trinajstić information content (AvgIpc) is 3.20. The Morgan fingerprint density at radius 2 is 1.74 bits per heavy atom. The minimum atomic E-state index is -4.34. The number of alkyl halides is 3. The summed E-state index contributed by atoms with van der Waals surface area (Å²) < 4.78 is 46.6. The molecule has 0 radical (unpaired) electrons. The first-order valence-electron chi connectivity index (χ1n) is 9.79. The van der Waals surface area contributed by atoms with Crippen LogP contribution < -0.4 is 5.32 Å². The lowest BCUT2D eigenvalue weighted by atomic mass is 10.1. The minimum Gasteiger partial charge on any atom is -0.441 e. The van der Waals surface area contributed by atoms with Crippen LogP contribution in [0.5, 0.6) is 0 Å². The van der Waals surface area contributed by atoms with Gasteiger partial charge in [-0.3, -0.25) is 4.79 Å². The SMILES string of the molecule is Cc1ccc(-c2cnc(CCC(=O)NCc3ccc(COCC(F)(F)F)cc3)o2)cc1. The van der Waals surface area contributed by atoms with Crippen LogP contribution in [0.1, 0.15) is 29.0 Å². The molecule has 164 valence electrons. The van der Waals surface area contributed by atoms with Crippen LogP contribution in [0.3, 0.4) is 0 Å². The van der Waals surface area contributed by atoms with Crippen LogP contribution in [0.4, 0.5) is 13.2 Å². The van der Waals surface area contributed by atoms with Crippen molar-refractivity contribution >= 4 is 5.91 Å². The van der Waals surface area contributed by atoms with Gasteiger partial charge in [-0.1, -0.05) is 54.1 Å². The van der Waals surface area contributed by atoms with E-state index in [0.717, 1.165) is 16.7 Å². The molecular formula is C23H23F3N2O3. The number of carbonyl (C=O) groups excluding carboxylic acids is 1. The normalized spacial score (nSPS) is 11.5. The number of nitrogens with one attached hydrogen (secondary N) is 1. The molecule has 0 spiro atoms. The zero-order valence-corrected chi connectivity index (χ0v) is 17.0. The third kappa shape index (κ3) is 7.57. The molecule has 0 fully saturated rings. The van der Waals surface area contributed by atoms with Crippen LogP contribution >= 0.6 is 0 Å². The van der Waals surface area contributed by atoms with Gasteiger partial charge in [-0.25, -0.2) is 4.98 Å². The molecule has 2 aromatic carbocycles. The number of carbonyl (C=O) groups is 1. The quantitative estimate of drug-likeness (QED) is 0.518. The highest BCUT2D eigenvalue weighted by Gasteiger charge is 2.27. The summed E-state index contributed by atoms with van der Waals surface area (Å²) in [6, 6.07) is 14.7. The molecule has 31 heavy (non-hydrogen) atoms. The summed E-state index contributed by atoms with van der Waals surface area (Å²) in [5, 5.41) is 2.81. The summed E-state index contributed by atoms with van der Waals surface area (Å²) in [4.78, 5) is 16.3. The molecule has 0 bridgehead atoms. The van der Waals surface area contributed by atoms with Gasteiger partial charge in [0.1, 0.15) is 6.61 Å². The standard InChI is InChI=1S/C23H23F3N2O3/c1-16-2-8-19(9-3-16)20-13-28-22(31-20)11-10-21(29)27-12-17-4-6-18(7-5-17)14-30-15-23(24,25)26/h2-9,13H,10-12,14-15H2,1H3,(H,27,29). The highest BCUT2D eigenvalue weighted by molar-refractivity contribution is 5.76. The number of rotatable bonds is 9. The van der Waals surface area contributed by atoms with Gasteiger partial charge >= 0.3 is 6.18 Å². The lowest BCUT2D eigenvalue weighted by molar-refractivity contribution is -0.176. The van der Waals surface area contributed by atoms with Crippen molar-refractivity contribution in [2.75, 3.05) is 6.61 Å². The zero-order valence-electron chi connectivity index (χ0n) is 17.0. The van der Waals surface area contributed by atoms with Crippen molar-refractivity contribution in [3.8, 4) is 11.3 Å². The van der Waals surface area contributed by atoms with Crippen molar-refractivity contribution in [1.29, 1.82) is 0 Å². The second kappa shape index (κ2) is 10.3. The van der Waals surface area contributed by atoms with Crippen LogP contribution in [0.15, 0.2) is 59.1 Å². The molecule has 1 aromatic heterocycles. The first-order valence-corrected chi connectivity index (χ1v) is 9.79.